The zero-order chi connectivity index (χ0) is 11.8. The van der Waals surface area contributed by atoms with Crippen LogP contribution in [0.5, 0.6) is 0 Å². The molecule has 17 heavy (non-hydrogen) atoms. The first kappa shape index (κ1) is 10.0. The van der Waals surface area contributed by atoms with Gasteiger partial charge in [0, 0.05) is 7.05 Å². The molecule has 0 spiro atoms. The Bertz CT molecular complexity index is 664. The summed E-state index contributed by atoms with van der Waals surface area (Å²) in [5.41, 5.74) is 2.12. The summed E-state index contributed by atoms with van der Waals surface area (Å²) in [7, 11) is 1.98. The Hall–Kier alpha value is -2.17. The van der Waals surface area contributed by atoms with Gasteiger partial charge in [-0.2, -0.15) is 0 Å². The normalized spacial score (nSPS) is 11.2. The van der Waals surface area contributed by atoms with Crippen molar-refractivity contribution in [2.75, 3.05) is 0 Å². The molecule has 0 unspecified atom stereocenters. The average molecular weight is 227 g/mol. The molecule has 3 aromatic rings. The lowest BCUT2D eigenvalue weighted by Crippen LogP contribution is -2.05. The molecule has 0 amide bonds. The van der Waals surface area contributed by atoms with E-state index in [0.29, 0.717) is 6.54 Å². The highest BCUT2D eigenvalue weighted by Crippen LogP contribution is 2.13. The summed E-state index contributed by atoms with van der Waals surface area (Å²) in [6.45, 7) is 2.64. The minimum Gasteiger partial charge on any atom is -0.323 e. The number of fused-ring (bicyclic) bond motifs is 1. The largest absolute Gasteiger partial charge is 0.323 e. The van der Waals surface area contributed by atoms with E-state index in [0.717, 1.165) is 22.7 Å². The van der Waals surface area contributed by atoms with Crippen LogP contribution in [0.2, 0.25) is 0 Å². The summed E-state index contributed by atoms with van der Waals surface area (Å²) in [6.07, 6.45) is 1.84. The Morgan fingerprint density at radius 3 is 2.76 bits per heavy atom. The molecule has 0 fully saturated rings. The van der Waals surface area contributed by atoms with Crippen LogP contribution in [0.25, 0.3) is 11.0 Å². The van der Waals surface area contributed by atoms with Crippen LogP contribution in [0.3, 0.4) is 0 Å². The van der Waals surface area contributed by atoms with E-state index in [-0.39, 0.29) is 0 Å². The van der Waals surface area contributed by atoms with Gasteiger partial charge in [-0.15, -0.1) is 10.2 Å². The van der Waals surface area contributed by atoms with Gasteiger partial charge in [-0.3, -0.25) is 0 Å². The van der Waals surface area contributed by atoms with Crippen LogP contribution in [0.1, 0.15) is 11.6 Å². The maximum Gasteiger partial charge on any atom is 0.152 e. The lowest BCUT2D eigenvalue weighted by atomic mass is 10.3. The molecule has 0 saturated carbocycles. The van der Waals surface area contributed by atoms with Crippen molar-refractivity contribution >= 4 is 11.0 Å². The summed E-state index contributed by atoms with van der Waals surface area (Å²) in [5, 5.41) is 8.22. The Labute approximate surface area is 98.7 Å². The molecule has 0 bridgehead atoms. The zero-order valence-corrected chi connectivity index (χ0v) is 9.83. The van der Waals surface area contributed by atoms with Crippen LogP contribution in [0.15, 0.2) is 30.6 Å². The van der Waals surface area contributed by atoms with E-state index in [2.05, 4.69) is 25.8 Å². The van der Waals surface area contributed by atoms with Crippen LogP contribution in [-0.2, 0) is 13.6 Å². The summed E-state index contributed by atoms with van der Waals surface area (Å²) in [4.78, 5) is 4.36. The van der Waals surface area contributed by atoms with Crippen LogP contribution >= 0.6 is 0 Å². The monoisotopic (exact) mass is 227 g/mol. The molecule has 0 saturated heterocycles. The maximum atomic E-state index is 4.36. The van der Waals surface area contributed by atoms with Crippen molar-refractivity contribution in [2.45, 2.75) is 13.5 Å². The van der Waals surface area contributed by atoms with Crippen molar-refractivity contribution in [3.63, 3.8) is 0 Å². The fourth-order valence-electron chi connectivity index (χ4n) is 1.88. The predicted molar refractivity (Wildman–Crippen MR) is 64.6 cm³/mol. The van der Waals surface area contributed by atoms with Crippen molar-refractivity contribution in [1.29, 1.82) is 0 Å². The van der Waals surface area contributed by atoms with Gasteiger partial charge in [-0.05, 0) is 19.1 Å². The van der Waals surface area contributed by atoms with Gasteiger partial charge < -0.3 is 9.13 Å². The summed E-state index contributed by atoms with van der Waals surface area (Å²) in [5.74, 6) is 1.86. The number of nitrogens with zero attached hydrogens (tertiary/aromatic N) is 5. The number of hydrogen-bond donors (Lipinski definition) is 0. The second-order valence-electron chi connectivity index (χ2n) is 4.08. The number of para-hydroxylation sites is 2. The van der Waals surface area contributed by atoms with Gasteiger partial charge in [0.05, 0.1) is 23.9 Å². The zero-order valence-electron chi connectivity index (χ0n) is 9.83. The van der Waals surface area contributed by atoms with Crippen molar-refractivity contribution in [3.05, 3.63) is 42.2 Å². The summed E-state index contributed by atoms with van der Waals surface area (Å²) < 4.78 is 4.08. The Balaban J connectivity index is 2.03. The molecule has 86 valence electrons. The molecular weight excluding hydrogens is 214 g/mol. The number of rotatable bonds is 2. The highest BCUT2D eigenvalue weighted by Gasteiger charge is 2.07. The smallest absolute Gasteiger partial charge is 0.152 e. The van der Waals surface area contributed by atoms with Crippen molar-refractivity contribution in [2.24, 2.45) is 7.05 Å². The fourth-order valence-corrected chi connectivity index (χ4v) is 1.88. The Morgan fingerprint density at radius 1 is 1.18 bits per heavy atom. The molecule has 0 atom stereocenters. The molecule has 5 heteroatoms. The number of hydrogen-bond acceptors (Lipinski definition) is 3. The van der Waals surface area contributed by atoms with E-state index in [1.807, 2.05) is 43.1 Å². The molecule has 0 N–H and O–H groups in total. The van der Waals surface area contributed by atoms with Gasteiger partial charge >= 0.3 is 0 Å². The third-order valence-electron chi connectivity index (χ3n) is 3.02. The average Bonchev–Trinajstić information content (AvgIpc) is 2.89. The number of aromatic nitrogens is 5. The molecule has 5 nitrogen and oxygen atoms in total. The molecular formula is C12H13N5. The van der Waals surface area contributed by atoms with E-state index in [1.54, 1.807) is 0 Å². The fraction of sp³-hybridized carbons (Fsp3) is 0.250. The van der Waals surface area contributed by atoms with Gasteiger partial charge in [0.2, 0.25) is 0 Å². The number of aryl methyl sites for hydroxylation is 1. The molecule has 1 aromatic carbocycles. The minimum absolute atomic E-state index is 0.692. The van der Waals surface area contributed by atoms with Crippen LogP contribution in [0.4, 0.5) is 0 Å². The maximum absolute atomic E-state index is 4.36. The molecule has 2 aromatic heterocycles. The van der Waals surface area contributed by atoms with E-state index >= 15 is 0 Å². The molecule has 3 rings (SSSR count). The van der Waals surface area contributed by atoms with Crippen molar-refractivity contribution in [1.82, 2.24) is 24.3 Å². The highest BCUT2D eigenvalue weighted by atomic mass is 15.3. The minimum atomic E-state index is 0.692. The van der Waals surface area contributed by atoms with Crippen LogP contribution < -0.4 is 0 Å². The van der Waals surface area contributed by atoms with Gasteiger partial charge in [-0.25, -0.2) is 4.98 Å². The number of imidazole rings is 1. The standard InChI is InChI=1S/C12H13N5/c1-9-14-15-12(16(9)2)7-17-8-13-10-5-3-4-6-11(10)17/h3-6,8H,7H2,1-2H3. The Morgan fingerprint density at radius 2 is 2.00 bits per heavy atom. The second kappa shape index (κ2) is 3.69. The molecule has 0 aliphatic carbocycles. The van der Waals surface area contributed by atoms with E-state index in [9.17, 15) is 0 Å². The molecule has 0 aliphatic heterocycles. The van der Waals surface area contributed by atoms with Crippen LogP contribution in [0, 0.1) is 6.92 Å². The second-order valence-corrected chi connectivity index (χ2v) is 4.08. The van der Waals surface area contributed by atoms with E-state index in [1.165, 1.54) is 0 Å². The lowest BCUT2D eigenvalue weighted by molar-refractivity contribution is 0.704. The third kappa shape index (κ3) is 1.60. The van der Waals surface area contributed by atoms with Crippen molar-refractivity contribution < 1.29 is 0 Å². The first-order valence-corrected chi connectivity index (χ1v) is 5.50. The quantitative estimate of drug-likeness (QED) is 0.667. The highest BCUT2D eigenvalue weighted by molar-refractivity contribution is 5.74. The summed E-state index contributed by atoms with van der Waals surface area (Å²) in [6, 6.07) is 8.08. The molecule has 2 heterocycles. The van der Waals surface area contributed by atoms with E-state index in [4.69, 9.17) is 0 Å². The van der Waals surface area contributed by atoms with Crippen molar-refractivity contribution in [3.8, 4) is 0 Å². The topological polar surface area (TPSA) is 48.5 Å². The predicted octanol–water partition coefficient (Wildman–Crippen LogP) is 1.52. The molecule has 0 radical (unpaired) electrons. The van der Waals surface area contributed by atoms with Gasteiger partial charge in [0.15, 0.2) is 5.82 Å². The SMILES string of the molecule is Cc1nnc(Cn2cnc3ccccc32)n1C. The van der Waals surface area contributed by atoms with Gasteiger partial charge in [-0.1, -0.05) is 12.1 Å². The Kier molecular flexibility index (Phi) is 2.18. The number of benzene rings is 1. The molecule has 0 aliphatic rings. The first-order valence-electron chi connectivity index (χ1n) is 5.50. The lowest BCUT2D eigenvalue weighted by Gasteiger charge is -2.04. The van der Waals surface area contributed by atoms with Gasteiger partial charge in [0.25, 0.3) is 0 Å². The van der Waals surface area contributed by atoms with Gasteiger partial charge in [0.1, 0.15) is 5.82 Å². The summed E-state index contributed by atoms with van der Waals surface area (Å²) >= 11 is 0. The van der Waals surface area contributed by atoms with E-state index < -0.39 is 0 Å². The first-order chi connectivity index (χ1) is 8.25. The third-order valence-corrected chi connectivity index (χ3v) is 3.02. The van der Waals surface area contributed by atoms with Crippen LogP contribution in [-0.4, -0.2) is 24.3 Å².